The van der Waals surface area contributed by atoms with Crippen molar-refractivity contribution in [1.82, 2.24) is 0 Å². The minimum absolute atomic E-state index is 0.189. The van der Waals surface area contributed by atoms with Crippen molar-refractivity contribution in [2.45, 2.75) is 5.33 Å². The summed E-state index contributed by atoms with van der Waals surface area (Å²) in [5.41, 5.74) is 1.55. The summed E-state index contributed by atoms with van der Waals surface area (Å²) in [6, 6.07) is 5.26. The van der Waals surface area contributed by atoms with Gasteiger partial charge in [-0.05, 0) is 17.7 Å². The fourth-order valence-electron chi connectivity index (χ4n) is 1.29. The quantitative estimate of drug-likeness (QED) is 0.767. The van der Waals surface area contributed by atoms with E-state index in [1.165, 1.54) is 0 Å². The fraction of sp³-hybridized carbons (Fsp3) is 0.455. The van der Waals surface area contributed by atoms with E-state index >= 15 is 0 Å². The third kappa shape index (κ3) is 3.47. The molecule has 0 radical (unpaired) electrons. The Morgan fingerprint density at radius 2 is 2.20 bits per heavy atom. The van der Waals surface area contributed by atoms with Crippen molar-refractivity contribution < 1.29 is 9.13 Å². The summed E-state index contributed by atoms with van der Waals surface area (Å²) < 4.78 is 18.6. The highest BCUT2D eigenvalue weighted by atomic mass is 79.9. The van der Waals surface area contributed by atoms with E-state index in [4.69, 9.17) is 4.74 Å². The number of hydrogen-bond acceptors (Lipinski definition) is 2. The second-order valence-corrected chi connectivity index (χ2v) is 3.89. The van der Waals surface area contributed by atoms with Crippen LogP contribution in [0.3, 0.4) is 0 Å². The van der Waals surface area contributed by atoms with Crippen molar-refractivity contribution in [1.29, 1.82) is 0 Å². The van der Waals surface area contributed by atoms with Gasteiger partial charge in [-0.3, -0.25) is 0 Å². The van der Waals surface area contributed by atoms with Crippen molar-refractivity contribution in [3.05, 3.63) is 29.6 Å². The molecule has 0 aliphatic heterocycles. The molecule has 0 atom stereocenters. The van der Waals surface area contributed by atoms with Gasteiger partial charge in [0, 0.05) is 26.0 Å². The van der Waals surface area contributed by atoms with Crippen LogP contribution in [0, 0.1) is 5.82 Å². The van der Waals surface area contributed by atoms with Crippen molar-refractivity contribution in [2.75, 3.05) is 32.2 Å². The molecule has 0 unspecified atom stereocenters. The third-order valence-electron chi connectivity index (χ3n) is 2.21. The van der Waals surface area contributed by atoms with E-state index in [2.05, 4.69) is 15.9 Å². The van der Waals surface area contributed by atoms with Crippen LogP contribution < -0.4 is 4.90 Å². The molecule has 0 spiro atoms. The highest BCUT2D eigenvalue weighted by molar-refractivity contribution is 9.08. The van der Waals surface area contributed by atoms with Gasteiger partial charge in [0.25, 0.3) is 0 Å². The Labute approximate surface area is 98.2 Å². The Balaban J connectivity index is 2.76. The smallest absolute Gasteiger partial charge is 0.146 e. The highest BCUT2D eigenvalue weighted by Crippen LogP contribution is 2.20. The zero-order chi connectivity index (χ0) is 11.3. The van der Waals surface area contributed by atoms with Gasteiger partial charge in [0.05, 0.1) is 12.3 Å². The number of anilines is 1. The number of alkyl halides is 1. The number of nitrogens with zero attached hydrogens (tertiary/aromatic N) is 1. The van der Waals surface area contributed by atoms with Crippen molar-refractivity contribution in [2.24, 2.45) is 0 Å². The van der Waals surface area contributed by atoms with Gasteiger partial charge in [-0.25, -0.2) is 4.39 Å². The minimum Gasteiger partial charge on any atom is -0.383 e. The van der Waals surface area contributed by atoms with Gasteiger partial charge in [0.2, 0.25) is 0 Å². The number of hydrogen-bond donors (Lipinski definition) is 0. The van der Waals surface area contributed by atoms with Crippen LogP contribution in [0.15, 0.2) is 18.2 Å². The minimum atomic E-state index is -0.189. The molecule has 0 N–H and O–H groups in total. The average molecular weight is 276 g/mol. The van der Waals surface area contributed by atoms with E-state index in [0.717, 1.165) is 5.56 Å². The van der Waals surface area contributed by atoms with Gasteiger partial charge in [-0.15, -0.1) is 0 Å². The zero-order valence-electron chi connectivity index (χ0n) is 8.96. The normalized spacial score (nSPS) is 10.4. The molecule has 2 nitrogen and oxygen atoms in total. The maximum atomic E-state index is 13.6. The Morgan fingerprint density at radius 3 is 2.73 bits per heavy atom. The summed E-state index contributed by atoms with van der Waals surface area (Å²) >= 11 is 3.29. The van der Waals surface area contributed by atoms with Crippen LogP contribution >= 0.6 is 15.9 Å². The lowest BCUT2D eigenvalue weighted by atomic mass is 10.2. The molecular formula is C11H15BrFNO. The van der Waals surface area contributed by atoms with Crippen LogP contribution in [0.2, 0.25) is 0 Å². The topological polar surface area (TPSA) is 12.5 Å². The van der Waals surface area contributed by atoms with E-state index in [0.29, 0.717) is 24.2 Å². The van der Waals surface area contributed by atoms with Gasteiger partial charge in [0.15, 0.2) is 0 Å². The fourth-order valence-corrected chi connectivity index (χ4v) is 1.64. The zero-order valence-corrected chi connectivity index (χ0v) is 10.6. The first kappa shape index (κ1) is 12.5. The standard InChI is InChI=1S/C11H15BrFNO/c1-14(5-6-15-2)11-4-3-9(8-12)7-10(11)13/h3-4,7H,5-6,8H2,1-2H3. The molecule has 0 saturated heterocycles. The van der Waals surface area contributed by atoms with E-state index < -0.39 is 0 Å². The van der Waals surface area contributed by atoms with E-state index in [-0.39, 0.29) is 5.82 Å². The number of rotatable bonds is 5. The Hall–Kier alpha value is -0.610. The van der Waals surface area contributed by atoms with Crippen molar-refractivity contribution >= 4 is 21.6 Å². The SMILES string of the molecule is COCCN(C)c1ccc(CBr)cc1F. The van der Waals surface area contributed by atoms with Crippen molar-refractivity contribution in [3.63, 3.8) is 0 Å². The molecule has 0 aromatic heterocycles. The first-order valence-electron chi connectivity index (χ1n) is 4.73. The molecule has 0 aliphatic carbocycles. The van der Waals surface area contributed by atoms with Gasteiger partial charge >= 0.3 is 0 Å². The summed E-state index contributed by atoms with van der Waals surface area (Å²) in [4.78, 5) is 1.84. The van der Waals surface area contributed by atoms with Gasteiger partial charge in [-0.2, -0.15) is 0 Å². The van der Waals surface area contributed by atoms with Gasteiger partial charge < -0.3 is 9.64 Å². The molecule has 0 amide bonds. The second kappa shape index (κ2) is 6.08. The molecule has 0 aliphatic rings. The third-order valence-corrected chi connectivity index (χ3v) is 2.86. The maximum absolute atomic E-state index is 13.6. The molecule has 1 aromatic carbocycles. The van der Waals surface area contributed by atoms with Gasteiger partial charge in [0.1, 0.15) is 5.82 Å². The van der Waals surface area contributed by atoms with Gasteiger partial charge in [-0.1, -0.05) is 22.0 Å². The number of halogens is 2. The van der Waals surface area contributed by atoms with Crippen molar-refractivity contribution in [3.8, 4) is 0 Å². The summed E-state index contributed by atoms with van der Waals surface area (Å²) in [6.07, 6.45) is 0. The lowest BCUT2D eigenvalue weighted by Gasteiger charge is -2.19. The van der Waals surface area contributed by atoms with Crippen LogP contribution in [0.25, 0.3) is 0 Å². The summed E-state index contributed by atoms with van der Waals surface area (Å²) in [5.74, 6) is -0.189. The van der Waals surface area contributed by atoms with Crippen LogP contribution in [-0.2, 0) is 10.1 Å². The Bertz CT molecular complexity index is 319. The van der Waals surface area contributed by atoms with E-state index in [9.17, 15) is 4.39 Å². The van der Waals surface area contributed by atoms with E-state index in [1.54, 1.807) is 19.2 Å². The largest absolute Gasteiger partial charge is 0.383 e. The lowest BCUT2D eigenvalue weighted by Crippen LogP contribution is -2.23. The van der Waals surface area contributed by atoms with E-state index in [1.807, 2.05) is 18.0 Å². The predicted molar refractivity (Wildman–Crippen MR) is 64.2 cm³/mol. The lowest BCUT2D eigenvalue weighted by molar-refractivity contribution is 0.206. The molecule has 1 aromatic rings. The average Bonchev–Trinajstić information content (AvgIpc) is 2.25. The van der Waals surface area contributed by atoms with Crippen LogP contribution in [0.1, 0.15) is 5.56 Å². The monoisotopic (exact) mass is 275 g/mol. The number of methoxy groups -OCH3 is 1. The van der Waals surface area contributed by atoms with Crippen LogP contribution in [-0.4, -0.2) is 27.3 Å². The molecule has 0 heterocycles. The predicted octanol–water partition coefficient (Wildman–Crippen LogP) is 2.80. The summed E-state index contributed by atoms with van der Waals surface area (Å²) in [5, 5.41) is 0.673. The Kier molecular flexibility index (Phi) is 5.05. The molecule has 0 saturated carbocycles. The summed E-state index contributed by atoms with van der Waals surface area (Å²) in [7, 11) is 3.49. The first-order chi connectivity index (χ1) is 7.19. The highest BCUT2D eigenvalue weighted by Gasteiger charge is 2.07. The molecule has 1 rings (SSSR count). The summed E-state index contributed by atoms with van der Waals surface area (Å²) in [6.45, 7) is 1.28. The molecule has 0 bridgehead atoms. The number of benzene rings is 1. The first-order valence-corrected chi connectivity index (χ1v) is 5.85. The molecule has 4 heteroatoms. The molecule has 0 fully saturated rings. The van der Waals surface area contributed by atoms with Crippen LogP contribution in [0.5, 0.6) is 0 Å². The molecule has 84 valence electrons. The number of ether oxygens (including phenoxy) is 1. The number of likely N-dealkylation sites (N-methyl/N-ethyl adjacent to an activating group) is 1. The van der Waals surface area contributed by atoms with Crippen LogP contribution in [0.4, 0.5) is 10.1 Å². The molecule has 15 heavy (non-hydrogen) atoms. The molecular weight excluding hydrogens is 261 g/mol. The maximum Gasteiger partial charge on any atom is 0.146 e. The second-order valence-electron chi connectivity index (χ2n) is 3.33. The Morgan fingerprint density at radius 1 is 1.47 bits per heavy atom.